The van der Waals surface area contributed by atoms with Gasteiger partial charge >= 0.3 is 6.36 Å². The van der Waals surface area contributed by atoms with Gasteiger partial charge in [0.25, 0.3) is 0 Å². The first-order valence-corrected chi connectivity index (χ1v) is 7.41. The topological polar surface area (TPSA) is 86.5 Å². The Morgan fingerprint density at radius 2 is 2.08 bits per heavy atom. The van der Waals surface area contributed by atoms with E-state index in [1.807, 2.05) is 0 Å². The largest absolute Gasteiger partial charge is 0.573 e. The van der Waals surface area contributed by atoms with E-state index in [0.29, 0.717) is 12.2 Å². The molecule has 0 aromatic heterocycles. The number of amidine groups is 1. The lowest BCUT2D eigenvalue weighted by Crippen LogP contribution is -2.20. The minimum absolute atomic E-state index is 0.0363. The van der Waals surface area contributed by atoms with Crippen molar-refractivity contribution in [3.8, 4) is 11.9 Å². The van der Waals surface area contributed by atoms with Crippen LogP contribution in [0.15, 0.2) is 41.9 Å². The van der Waals surface area contributed by atoms with E-state index in [4.69, 9.17) is 5.26 Å². The van der Waals surface area contributed by atoms with Crippen molar-refractivity contribution < 1.29 is 22.7 Å². The molecule has 0 saturated heterocycles. The maximum atomic E-state index is 12.0. The Labute approximate surface area is 140 Å². The molecule has 0 atom stereocenters. The van der Waals surface area contributed by atoms with E-state index in [-0.39, 0.29) is 16.7 Å². The number of thioether (sulfide) groups is 1. The Hall–Kier alpha value is -2.67. The summed E-state index contributed by atoms with van der Waals surface area (Å²) in [5, 5.41) is 13.7. The number of hydrogen-bond donors (Lipinski definition) is 2. The highest BCUT2D eigenvalue weighted by Gasteiger charge is 2.30. The van der Waals surface area contributed by atoms with Crippen LogP contribution in [0, 0.1) is 11.5 Å². The van der Waals surface area contributed by atoms with Crippen LogP contribution in [0.2, 0.25) is 0 Å². The van der Waals surface area contributed by atoms with Gasteiger partial charge in [0.2, 0.25) is 5.91 Å². The van der Waals surface area contributed by atoms with Crippen LogP contribution in [0.25, 0.3) is 0 Å². The number of alkyl halides is 3. The van der Waals surface area contributed by atoms with Crippen LogP contribution in [0.1, 0.15) is 0 Å². The second-order valence-corrected chi connectivity index (χ2v) is 5.04. The average Bonchev–Trinajstić information content (AvgIpc) is 2.50. The van der Waals surface area contributed by atoms with Gasteiger partial charge in [-0.3, -0.25) is 15.1 Å². The minimum Gasteiger partial charge on any atom is -0.406 e. The molecule has 6 nitrogen and oxygen atoms in total. The predicted octanol–water partition coefficient (Wildman–Crippen LogP) is 2.87. The predicted molar refractivity (Wildman–Crippen MR) is 85.5 cm³/mol. The normalized spacial score (nSPS) is 11.3. The van der Waals surface area contributed by atoms with E-state index in [1.54, 1.807) is 6.19 Å². The number of ether oxygens (including phenoxy) is 1. The van der Waals surface area contributed by atoms with E-state index in [2.05, 4.69) is 26.9 Å². The van der Waals surface area contributed by atoms with E-state index >= 15 is 0 Å². The first kappa shape index (κ1) is 19.4. The summed E-state index contributed by atoms with van der Waals surface area (Å²) in [5.41, 5.74) is 0.313. The fourth-order valence-corrected chi connectivity index (χ4v) is 2.01. The lowest BCUT2D eigenvalue weighted by Gasteiger charge is -2.10. The molecule has 1 aromatic rings. The van der Waals surface area contributed by atoms with Crippen molar-refractivity contribution >= 4 is 28.5 Å². The number of aliphatic imine (C=N–C) groups is 1. The Morgan fingerprint density at radius 3 is 2.62 bits per heavy atom. The first-order valence-electron chi connectivity index (χ1n) is 6.43. The van der Waals surface area contributed by atoms with Crippen LogP contribution in [0.5, 0.6) is 5.75 Å². The van der Waals surface area contributed by atoms with Gasteiger partial charge in [-0.05, 0) is 24.3 Å². The molecule has 0 spiro atoms. The molecule has 0 unspecified atom stereocenters. The van der Waals surface area contributed by atoms with Crippen molar-refractivity contribution in [1.29, 1.82) is 5.26 Å². The third-order valence-electron chi connectivity index (χ3n) is 2.24. The number of anilines is 1. The molecule has 1 aromatic carbocycles. The third kappa shape index (κ3) is 8.09. The number of rotatable bonds is 6. The highest BCUT2D eigenvalue weighted by molar-refractivity contribution is 8.14. The molecular weight excluding hydrogens is 345 g/mol. The number of carbonyl (C=O) groups is 1. The molecule has 0 aliphatic heterocycles. The standard InChI is InChI=1S/C14H13F3N4O2S/c1-2-7-19-13(20-9-18)24-8-12(22)21-10-3-5-11(6-4-10)23-14(15,16)17/h2-6H,1,7-8H2,(H,19,20)(H,21,22). The van der Waals surface area contributed by atoms with Crippen molar-refractivity contribution in [3.63, 3.8) is 0 Å². The van der Waals surface area contributed by atoms with Crippen LogP contribution in [0.3, 0.4) is 0 Å². The molecule has 1 rings (SSSR count). The van der Waals surface area contributed by atoms with E-state index in [1.165, 1.54) is 18.2 Å². The maximum Gasteiger partial charge on any atom is 0.573 e. The van der Waals surface area contributed by atoms with Crippen LogP contribution in [-0.2, 0) is 4.79 Å². The number of hydrogen-bond acceptors (Lipinski definition) is 5. The molecule has 0 heterocycles. The number of halogens is 3. The van der Waals surface area contributed by atoms with Crippen LogP contribution < -0.4 is 15.4 Å². The van der Waals surface area contributed by atoms with Gasteiger partial charge in [-0.25, -0.2) is 0 Å². The minimum atomic E-state index is -4.77. The Balaban J connectivity index is 2.52. The van der Waals surface area contributed by atoms with Gasteiger partial charge in [0.15, 0.2) is 11.4 Å². The summed E-state index contributed by atoms with van der Waals surface area (Å²) in [6.07, 6.45) is -1.53. The zero-order valence-corrected chi connectivity index (χ0v) is 13.1. The molecule has 24 heavy (non-hydrogen) atoms. The molecule has 128 valence electrons. The van der Waals surface area contributed by atoms with Crippen molar-refractivity contribution in [2.75, 3.05) is 17.6 Å². The third-order valence-corrected chi connectivity index (χ3v) is 3.15. The fraction of sp³-hybridized carbons (Fsp3) is 0.214. The number of benzene rings is 1. The average molecular weight is 358 g/mol. The summed E-state index contributed by atoms with van der Waals surface area (Å²) in [4.78, 5) is 15.8. The molecule has 0 saturated carbocycles. The first-order chi connectivity index (χ1) is 11.3. The molecule has 0 fully saturated rings. The van der Waals surface area contributed by atoms with Gasteiger partial charge in [0.05, 0.1) is 12.3 Å². The van der Waals surface area contributed by atoms with Gasteiger partial charge < -0.3 is 10.1 Å². The van der Waals surface area contributed by atoms with E-state index in [0.717, 1.165) is 23.9 Å². The summed E-state index contributed by atoms with van der Waals surface area (Å²) in [6, 6.07) is 4.74. The monoisotopic (exact) mass is 358 g/mol. The lowest BCUT2D eigenvalue weighted by molar-refractivity contribution is -0.274. The van der Waals surface area contributed by atoms with Crippen LogP contribution in [0.4, 0.5) is 18.9 Å². The SMILES string of the molecule is C=CCN=C(NC#N)SCC(=O)Nc1ccc(OC(F)(F)F)cc1. The zero-order valence-electron chi connectivity index (χ0n) is 12.3. The summed E-state index contributed by atoms with van der Waals surface area (Å²) in [5.74, 6) is -0.826. The lowest BCUT2D eigenvalue weighted by atomic mass is 10.3. The van der Waals surface area contributed by atoms with Crippen LogP contribution >= 0.6 is 11.8 Å². The molecule has 2 N–H and O–H groups in total. The van der Waals surface area contributed by atoms with Gasteiger partial charge in [-0.2, -0.15) is 5.26 Å². The molecule has 0 radical (unpaired) electrons. The Kier molecular flexibility index (Phi) is 7.64. The number of carbonyl (C=O) groups excluding carboxylic acids is 1. The Morgan fingerprint density at radius 1 is 1.42 bits per heavy atom. The summed E-state index contributed by atoms with van der Waals surface area (Å²) >= 11 is 1.01. The van der Waals surface area contributed by atoms with Gasteiger partial charge in [-0.15, -0.1) is 19.8 Å². The van der Waals surface area contributed by atoms with E-state index in [9.17, 15) is 18.0 Å². The molecule has 0 aliphatic rings. The number of amides is 1. The zero-order chi connectivity index (χ0) is 18.0. The summed E-state index contributed by atoms with van der Waals surface area (Å²) in [7, 11) is 0. The van der Waals surface area contributed by atoms with E-state index < -0.39 is 12.3 Å². The number of nitriles is 1. The van der Waals surface area contributed by atoms with Crippen molar-refractivity contribution in [2.45, 2.75) is 6.36 Å². The van der Waals surface area contributed by atoms with Crippen molar-refractivity contribution in [3.05, 3.63) is 36.9 Å². The van der Waals surface area contributed by atoms with Crippen molar-refractivity contribution in [1.82, 2.24) is 5.32 Å². The smallest absolute Gasteiger partial charge is 0.406 e. The van der Waals surface area contributed by atoms with Crippen LogP contribution in [-0.4, -0.2) is 29.7 Å². The molecule has 10 heteroatoms. The van der Waals surface area contributed by atoms with Gasteiger partial charge in [0.1, 0.15) is 5.75 Å². The van der Waals surface area contributed by atoms with Gasteiger partial charge in [0, 0.05) is 5.69 Å². The molecule has 1 amide bonds. The Bertz CT molecular complexity index is 639. The fourth-order valence-electron chi connectivity index (χ4n) is 1.39. The number of nitrogens with zero attached hydrogens (tertiary/aromatic N) is 2. The van der Waals surface area contributed by atoms with Crippen molar-refractivity contribution in [2.24, 2.45) is 4.99 Å². The second kappa shape index (κ2) is 9.46. The molecule has 0 bridgehead atoms. The maximum absolute atomic E-state index is 12.0. The quantitative estimate of drug-likeness (QED) is 0.268. The number of nitrogens with one attached hydrogen (secondary N) is 2. The second-order valence-electron chi connectivity index (χ2n) is 4.08. The summed E-state index contributed by atoms with van der Waals surface area (Å²) < 4.78 is 39.8. The molecular formula is C14H13F3N4O2S. The summed E-state index contributed by atoms with van der Waals surface area (Å²) in [6.45, 7) is 3.78. The van der Waals surface area contributed by atoms with Gasteiger partial charge in [-0.1, -0.05) is 17.8 Å². The highest BCUT2D eigenvalue weighted by Crippen LogP contribution is 2.24. The molecule has 0 aliphatic carbocycles. The highest BCUT2D eigenvalue weighted by atomic mass is 32.2.